The maximum Gasteiger partial charge on any atom is 0.263 e. The molecule has 0 aliphatic carbocycles. The Kier molecular flexibility index (Phi) is 6.02. The number of nitrogens with one attached hydrogen (secondary N) is 1. The number of rotatable bonds is 6. The minimum atomic E-state index is -0.340. The minimum Gasteiger partial charge on any atom is -0.332 e. The molecule has 104 valence electrons. The molecule has 0 atom stereocenters. The number of hydroxylamine groups is 1. The van der Waals surface area contributed by atoms with E-state index in [4.69, 9.17) is 4.84 Å². The van der Waals surface area contributed by atoms with Gasteiger partial charge in [-0.25, -0.2) is 5.48 Å². The molecule has 0 aliphatic heterocycles. The standard InChI is InChI=1S/C14H20N2O3/c1-11(2)10-19-15-13(17)9-16(3)14(18)12-7-5-4-6-8-12/h4-8,11H,9-10H2,1-3H3,(H,15,17). The highest BCUT2D eigenvalue weighted by Gasteiger charge is 2.14. The van der Waals surface area contributed by atoms with Gasteiger partial charge in [0.15, 0.2) is 0 Å². The minimum absolute atomic E-state index is 0.0359. The maximum absolute atomic E-state index is 12.0. The van der Waals surface area contributed by atoms with Gasteiger partial charge in [-0.1, -0.05) is 32.0 Å². The van der Waals surface area contributed by atoms with Gasteiger partial charge >= 0.3 is 0 Å². The van der Waals surface area contributed by atoms with Gasteiger partial charge in [-0.05, 0) is 18.1 Å². The summed E-state index contributed by atoms with van der Waals surface area (Å²) in [5, 5.41) is 0. The first-order valence-electron chi connectivity index (χ1n) is 6.22. The van der Waals surface area contributed by atoms with Crippen molar-refractivity contribution < 1.29 is 14.4 Å². The van der Waals surface area contributed by atoms with Crippen molar-refractivity contribution in [3.05, 3.63) is 35.9 Å². The van der Waals surface area contributed by atoms with Crippen molar-refractivity contribution in [1.29, 1.82) is 0 Å². The molecular formula is C14H20N2O3. The van der Waals surface area contributed by atoms with E-state index in [-0.39, 0.29) is 18.4 Å². The molecule has 0 bridgehead atoms. The second-order valence-corrected chi connectivity index (χ2v) is 4.76. The molecule has 5 heteroatoms. The Balaban J connectivity index is 2.40. The molecule has 1 aromatic carbocycles. The van der Waals surface area contributed by atoms with Crippen molar-refractivity contribution in [3.63, 3.8) is 0 Å². The van der Waals surface area contributed by atoms with Crippen molar-refractivity contribution >= 4 is 11.8 Å². The fourth-order valence-corrected chi connectivity index (χ4v) is 1.41. The van der Waals surface area contributed by atoms with Crippen LogP contribution in [0.5, 0.6) is 0 Å². The largest absolute Gasteiger partial charge is 0.332 e. The molecule has 0 unspecified atom stereocenters. The van der Waals surface area contributed by atoms with Gasteiger partial charge in [0.05, 0.1) is 6.61 Å². The Morgan fingerprint density at radius 1 is 1.26 bits per heavy atom. The molecule has 0 radical (unpaired) electrons. The lowest BCUT2D eigenvalue weighted by Gasteiger charge is -2.17. The van der Waals surface area contributed by atoms with E-state index in [1.54, 1.807) is 31.3 Å². The summed E-state index contributed by atoms with van der Waals surface area (Å²) < 4.78 is 0. The van der Waals surface area contributed by atoms with Crippen LogP contribution >= 0.6 is 0 Å². The summed E-state index contributed by atoms with van der Waals surface area (Å²) in [5.74, 6) is -0.198. The SMILES string of the molecule is CC(C)CONC(=O)CN(C)C(=O)c1ccccc1. The van der Waals surface area contributed by atoms with Gasteiger partial charge in [0.2, 0.25) is 0 Å². The lowest BCUT2D eigenvalue weighted by molar-refractivity contribution is -0.134. The summed E-state index contributed by atoms with van der Waals surface area (Å²) >= 11 is 0. The molecule has 0 saturated heterocycles. The number of likely N-dealkylation sites (N-methyl/N-ethyl adjacent to an activating group) is 1. The normalized spacial score (nSPS) is 10.3. The van der Waals surface area contributed by atoms with Crippen LogP contribution in [0.3, 0.4) is 0 Å². The number of hydrogen-bond acceptors (Lipinski definition) is 3. The lowest BCUT2D eigenvalue weighted by Crippen LogP contribution is -2.38. The molecule has 0 saturated carbocycles. The van der Waals surface area contributed by atoms with Gasteiger partial charge in [-0.15, -0.1) is 0 Å². The van der Waals surface area contributed by atoms with E-state index in [1.807, 2.05) is 19.9 Å². The molecule has 5 nitrogen and oxygen atoms in total. The first-order valence-corrected chi connectivity index (χ1v) is 6.22. The molecule has 0 aromatic heterocycles. The third-order valence-corrected chi connectivity index (χ3v) is 2.35. The Morgan fingerprint density at radius 2 is 1.89 bits per heavy atom. The summed E-state index contributed by atoms with van der Waals surface area (Å²) in [6.07, 6.45) is 0. The monoisotopic (exact) mass is 264 g/mol. The van der Waals surface area contributed by atoms with E-state index in [1.165, 1.54) is 4.90 Å². The van der Waals surface area contributed by atoms with E-state index in [2.05, 4.69) is 5.48 Å². The van der Waals surface area contributed by atoms with Gasteiger partial charge in [0.1, 0.15) is 6.54 Å². The average molecular weight is 264 g/mol. The van der Waals surface area contributed by atoms with Crippen LogP contribution in [0.2, 0.25) is 0 Å². The summed E-state index contributed by atoms with van der Waals surface area (Å²) in [6.45, 7) is 4.38. The number of amides is 2. The number of carbonyl (C=O) groups excluding carboxylic acids is 2. The molecule has 1 N–H and O–H groups in total. The summed E-state index contributed by atoms with van der Waals surface area (Å²) in [7, 11) is 1.58. The van der Waals surface area contributed by atoms with E-state index in [9.17, 15) is 9.59 Å². The first kappa shape index (κ1) is 15.2. The molecule has 2 amide bonds. The smallest absolute Gasteiger partial charge is 0.263 e. The van der Waals surface area contributed by atoms with Crippen molar-refractivity contribution in [2.75, 3.05) is 20.2 Å². The van der Waals surface area contributed by atoms with Gasteiger partial charge in [0, 0.05) is 12.6 Å². The average Bonchev–Trinajstić information content (AvgIpc) is 2.38. The third kappa shape index (κ3) is 5.52. The van der Waals surface area contributed by atoms with Gasteiger partial charge in [-0.3, -0.25) is 14.4 Å². The third-order valence-electron chi connectivity index (χ3n) is 2.35. The van der Waals surface area contributed by atoms with Crippen LogP contribution in [0.25, 0.3) is 0 Å². The second kappa shape index (κ2) is 7.53. The van der Waals surface area contributed by atoms with Crippen LogP contribution in [-0.4, -0.2) is 36.9 Å². The van der Waals surface area contributed by atoms with Crippen LogP contribution in [0.15, 0.2) is 30.3 Å². The van der Waals surface area contributed by atoms with E-state index in [0.29, 0.717) is 18.1 Å². The van der Waals surface area contributed by atoms with Crippen LogP contribution < -0.4 is 5.48 Å². The van der Waals surface area contributed by atoms with Crippen LogP contribution in [0.1, 0.15) is 24.2 Å². The molecule has 0 heterocycles. The molecule has 19 heavy (non-hydrogen) atoms. The predicted octanol–water partition coefficient (Wildman–Crippen LogP) is 1.46. The van der Waals surface area contributed by atoms with Crippen molar-refractivity contribution in [2.45, 2.75) is 13.8 Å². The highest BCUT2D eigenvalue weighted by atomic mass is 16.6. The fourth-order valence-electron chi connectivity index (χ4n) is 1.41. The number of hydrogen-bond donors (Lipinski definition) is 1. The molecule has 1 aromatic rings. The highest BCUT2D eigenvalue weighted by Crippen LogP contribution is 2.02. The Bertz CT molecular complexity index is 418. The number of benzene rings is 1. The zero-order valence-corrected chi connectivity index (χ0v) is 11.6. The van der Waals surface area contributed by atoms with Gasteiger partial charge in [0.25, 0.3) is 11.8 Å². The molecule has 0 spiro atoms. The maximum atomic E-state index is 12.0. The van der Waals surface area contributed by atoms with Crippen molar-refractivity contribution in [3.8, 4) is 0 Å². The number of nitrogens with zero attached hydrogens (tertiary/aromatic N) is 1. The van der Waals surface area contributed by atoms with Crippen LogP contribution in [0.4, 0.5) is 0 Å². The zero-order chi connectivity index (χ0) is 14.3. The topological polar surface area (TPSA) is 58.6 Å². The number of carbonyl (C=O) groups is 2. The molecule has 0 aliphatic rings. The zero-order valence-electron chi connectivity index (χ0n) is 11.6. The van der Waals surface area contributed by atoms with Crippen molar-refractivity contribution in [2.24, 2.45) is 5.92 Å². The van der Waals surface area contributed by atoms with E-state index in [0.717, 1.165) is 0 Å². The summed E-state index contributed by atoms with van der Waals surface area (Å²) in [5.41, 5.74) is 2.87. The first-order chi connectivity index (χ1) is 9.00. The summed E-state index contributed by atoms with van der Waals surface area (Å²) in [6, 6.07) is 8.83. The van der Waals surface area contributed by atoms with Crippen LogP contribution in [-0.2, 0) is 9.63 Å². The molecule has 0 fully saturated rings. The Morgan fingerprint density at radius 3 is 2.47 bits per heavy atom. The fraction of sp³-hybridized carbons (Fsp3) is 0.429. The predicted molar refractivity (Wildman–Crippen MR) is 72.3 cm³/mol. The second-order valence-electron chi connectivity index (χ2n) is 4.76. The molecular weight excluding hydrogens is 244 g/mol. The Hall–Kier alpha value is -1.88. The van der Waals surface area contributed by atoms with E-state index >= 15 is 0 Å². The van der Waals surface area contributed by atoms with E-state index < -0.39 is 0 Å². The van der Waals surface area contributed by atoms with Gasteiger partial charge < -0.3 is 4.90 Å². The highest BCUT2D eigenvalue weighted by molar-refractivity contribution is 5.96. The quantitative estimate of drug-likeness (QED) is 0.791. The molecule has 1 rings (SSSR count). The van der Waals surface area contributed by atoms with Gasteiger partial charge in [-0.2, -0.15) is 0 Å². The lowest BCUT2D eigenvalue weighted by atomic mass is 10.2. The Labute approximate surface area is 113 Å². The van der Waals surface area contributed by atoms with Crippen molar-refractivity contribution in [1.82, 2.24) is 10.4 Å². The summed E-state index contributed by atoms with van der Waals surface area (Å²) in [4.78, 5) is 29.9. The van der Waals surface area contributed by atoms with Crippen LogP contribution in [0, 0.1) is 5.92 Å².